The van der Waals surface area contributed by atoms with Gasteiger partial charge in [-0.15, -0.1) is 0 Å². The van der Waals surface area contributed by atoms with Crippen LogP contribution in [0.25, 0.3) is 0 Å². The molecular weight excluding hydrogens is 202 g/mol. The van der Waals surface area contributed by atoms with E-state index in [-0.39, 0.29) is 12.0 Å². The topological polar surface area (TPSA) is 29.5 Å². The molecule has 0 spiro atoms. The molecule has 0 heterocycles. The van der Waals surface area contributed by atoms with Crippen LogP contribution >= 0.6 is 0 Å². The molecular formula is C13H27NO2. The van der Waals surface area contributed by atoms with Crippen LogP contribution in [0.1, 0.15) is 48.0 Å². The van der Waals surface area contributed by atoms with E-state index in [1.165, 1.54) is 0 Å². The highest BCUT2D eigenvalue weighted by Gasteiger charge is 2.20. The first-order valence-electron chi connectivity index (χ1n) is 6.29. The summed E-state index contributed by atoms with van der Waals surface area (Å²) in [6, 6.07) is 0.716. The van der Waals surface area contributed by atoms with E-state index in [1.54, 1.807) is 0 Å². The lowest BCUT2D eigenvalue weighted by Crippen LogP contribution is -2.42. The predicted octanol–water partition coefficient (Wildman–Crippen LogP) is 2.69. The summed E-state index contributed by atoms with van der Waals surface area (Å²) in [5.41, 5.74) is 0. The lowest BCUT2D eigenvalue weighted by Gasteiger charge is -2.33. The van der Waals surface area contributed by atoms with Crippen LogP contribution in [0.15, 0.2) is 0 Å². The zero-order valence-corrected chi connectivity index (χ0v) is 11.6. The van der Waals surface area contributed by atoms with E-state index in [4.69, 9.17) is 4.74 Å². The maximum Gasteiger partial charge on any atom is 0.307 e. The fraction of sp³-hybridized carbons (Fsp3) is 0.923. The van der Waals surface area contributed by atoms with E-state index < -0.39 is 0 Å². The molecule has 0 rings (SSSR count). The molecule has 0 N–H and O–H groups in total. The predicted molar refractivity (Wildman–Crippen MR) is 67.4 cm³/mol. The van der Waals surface area contributed by atoms with Crippen LogP contribution in [0.5, 0.6) is 0 Å². The van der Waals surface area contributed by atoms with Crippen LogP contribution < -0.4 is 0 Å². The number of hydrogen-bond donors (Lipinski definition) is 0. The minimum absolute atomic E-state index is 0.0931. The average molecular weight is 229 g/mol. The number of hydrogen-bond acceptors (Lipinski definition) is 3. The van der Waals surface area contributed by atoms with E-state index in [1.807, 2.05) is 6.92 Å². The molecule has 0 bridgehead atoms. The molecule has 0 amide bonds. The molecule has 0 fully saturated rings. The summed E-state index contributed by atoms with van der Waals surface area (Å²) < 4.78 is 4.98. The first-order valence-corrected chi connectivity index (χ1v) is 6.29. The quantitative estimate of drug-likeness (QED) is 0.629. The molecule has 1 unspecified atom stereocenters. The van der Waals surface area contributed by atoms with Crippen molar-refractivity contribution >= 4 is 5.97 Å². The van der Waals surface area contributed by atoms with Crippen molar-refractivity contribution in [3.05, 3.63) is 0 Å². The number of nitrogens with zero attached hydrogens (tertiary/aromatic N) is 1. The van der Waals surface area contributed by atoms with Gasteiger partial charge in [-0.3, -0.25) is 9.69 Å². The molecule has 16 heavy (non-hydrogen) atoms. The highest BCUT2D eigenvalue weighted by Crippen LogP contribution is 2.12. The van der Waals surface area contributed by atoms with Gasteiger partial charge in [-0.05, 0) is 33.6 Å². The van der Waals surface area contributed by atoms with Crippen molar-refractivity contribution < 1.29 is 9.53 Å². The second-order valence-corrected chi connectivity index (χ2v) is 5.04. The molecule has 0 aromatic heterocycles. The van der Waals surface area contributed by atoms with Gasteiger partial charge in [-0.1, -0.05) is 13.8 Å². The third kappa shape index (κ3) is 6.11. The van der Waals surface area contributed by atoms with Crippen molar-refractivity contribution in [1.29, 1.82) is 0 Å². The van der Waals surface area contributed by atoms with Crippen LogP contribution in [0.4, 0.5) is 0 Å². The minimum Gasteiger partial charge on any atom is -0.466 e. The van der Waals surface area contributed by atoms with Crippen LogP contribution in [-0.2, 0) is 9.53 Å². The van der Waals surface area contributed by atoms with Crippen molar-refractivity contribution in [3.8, 4) is 0 Å². The molecule has 0 aromatic rings. The molecule has 0 saturated heterocycles. The number of carbonyl (C=O) groups excluding carboxylic acids is 1. The van der Waals surface area contributed by atoms with Crippen LogP contribution in [0.2, 0.25) is 0 Å². The van der Waals surface area contributed by atoms with Crippen molar-refractivity contribution in [1.82, 2.24) is 4.90 Å². The highest BCUT2D eigenvalue weighted by atomic mass is 16.5. The Kier molecular flexibility index (Phi) is 7.39. The third-order valence-corrected chi connectivity index (χ3v) is 2.57. The molecule has 0 saturated carbocycles. The van der Waals surface area contributed by atoms with Crippen molar-refractivity contribution in [2.24, 2.45) is 5.92 Å². The minimum atomic E-state index is -0.0931. The SMILES string of the molecule is CCOC(=O)CC(C)N(CC(C)C)C(C)C. The van der Waals surface area contributed by atoms with Crippen LogP contribution in [0, 0.1) is 5.92 Å². The maximum atomic E-state index is 11.4. The average Bonchev–Trinajstić information content (AvgIpc) is 2.13. The van der Waals surface area contributed by atoms with Gasteiger partial charge in [0.15, 0.2) is 0 Å². The molecule has 0 radical (unpaired) electrons. The fourth-order valence-electron chi connectivity index (χ4n) is 1.90. The van der Waals surface area contributed by atoms with Gasteiger partial charge in [0.1, 0.15) is 0 Å². The summed E-state index contributed by atoms with van der Waals surface area (Å²) in [6.45, 7) is 14.2. The van der Waals surface area contributed by atoms with Gasteiger partial charge in [0, 0.05) is 18.6 Å². The Morgan fingerprint density at radius 2 is 1.75 bits per heavy atom. The Morgan fingerprint density at radius 3 is 2.12 bits per heavy atom. The van der Waals surface area contributed by atoms with Gasteiger partial charge in [0.25, 0.3) is 0 Å². The summed E-state index contributed by atoms with van der Waals surface area (Å²) in [4.78, 5) is 13.8. The fourth-order valence-corrected chi connectivity index (χ4v) is 1.90. The molecule has 3 nitrogen and oxygen atoms in total. The van der Waals surface area contributed by atoms with E-state index >= 15 is 0 Å². The number of ether oxygens (including phenoxy) is 1. The second kappa shape index (κ2) is 7.66. The smallest absolute Gasteiger partial charge is 0.307 e. The van der Waals surface area contributed by atoms with Crippen molar-refractivity contribution in [2.75, 3.05) is 13.2 Å². The Morgan fingerprint density at radius 1 is 1.19 bits per heavy atom. The summed E-state index contributed by atoms with van der Waals surface area (Å²) >= 11 is 0. The number of rotatable bonds is 7. The summed E-state index contributed by atoms with van der Waals surface area (Å²) in [5.74, 6) is 0.524. The van der Waals surface area contributed by atoms with E-state index in [0.29, 0.717) is 25.0 Å². The number of esters is 1. The molecule has 0 aliphatic rings. The lowest BCUT2D eigenvalue weighted by molar-refractivity contribution is -0.144. The van der Waals surface area contributed by atoms with E-state index in [2.05, 4.69) is 39.5 Å². The van der Waals surface area contributed by atoms with E-state index in [9.17, 15) is 4.79 Å². The molecule has 3 heteroatoms. The normalized spacial score (nSPS) is 13.6. The zero-order valence-electron chi connectivity index (χ0n) is 11.6. The monoisotopic (exact) mass is 229 g/mol. The van der Waals surface area contributed by atoms with Gasteiger partial charge >= 0.3 is 5.97 Å². The first kappa shape index (κ1) is 15.4. The van der Waals surface area contributed by atoms with Gasteiger partial charge in [0.2, 0.25) is 0 Å². The second-order valence-electron chi connectivity index (χ2n) is 5.04. The Balaban J connectivity index is 4.26. The van der Waals surface area contributed by atoms with Crippen molar-refractivity contribution in [2.45, 2.75) is 60.0 Å². The summed E-state index contributed by atoms with van der Waals surface area (Å²) in [7, 11) is 0. The summed E-state index contributed by atoms with van der Waals surface area (Å²) in [6.07, 6.45) is 0.485. The molecule has 96 valence electrons. The Hall–Kier alpha value is -0.570. The van der Waals surface area contributed by atoms with Crippen LogP contribution in [0.3, 0.4) is 0 Å². The number of carbonyl (C=O) groups is 1. The molecule has 0 aliphatic heterocycles. The molecule has 0 aliphatic carbocycles. The maximum absolute atomic E-state index is 11.4. The highest BCUT2D eigenvalue weighted by molar-refractivity contribution is 5.70. The Bertz CT molecular complexity index is 202. The molecule has 1 atom stereocenters. The standard InChI is InChI=1S/C13H27NO2/c1-7-16-13(15)8-12(6)14(11(4)5)9-10(2)3/h10-12H,7-9H2,1-6H3. The van der Waals surface area contributed by atoms with Gasteiger partial charge in [-0.25, -0.2) is 0 Å². The molecule has 0 aromatic carbocycles. The summed E-state index contributed by atoms with van der Waals surface area (Å²) in [5, 5.41) is 0. The van der Waals surface area contributed by atoms with Crippen molar-refractivity contribution in [3.63, 3.8) is 0 Å². The van der Waals surface area contributed by atoms with Gasteiger partial charge in [-0.2, -0.15) is 0 Å². The zero-order chi connectivity index (χ0) is 12.7. The van der Waals surface area contributed by atoms with Gasteiger partial charge in [0.05, 0.1) is 13.0 Å². The Labute approximate surface area is 100 Å². The third-order valence-electron chi connectivity index (χ3n) is 2.57. The van der Waals surface area contributed by atoms with E-state index in [0.717, 1.165) is 6.54 Å². The first-order chi connectivity index (χ1) is 7.38. The van der Waals surface area contributed by atoms with Crippen LogP contribution in [-0.4, -0.2) is 36.1 Å². The largest absolute Gasteiger partial charge is 0.466 e. The van der Waals surface area contributed by atoms with Gasteiger partial charge < -0.3 is 4.74 Å². The lowest BCUT2D eigenvalue weighted by atomic mass is 10.1.